The Morgan fingerprint density at radius 1 is 1.27 bits per heavy atom. The van der Waals surface area contributed by atoms with Crippen LogP contribution in [0.1, 0.15) is 21.7 Å². The highest BCUT2D eigenvalue weighted by Crippen LogP contribution is 2.11. The molecule has 0 unspecified atom stereocenters. The molecule has 2 rings (SSSR count). The lowest BCUT2D eigenvalue weighted by atomic mass is 10.1. The topological polar surface area (TPSA) is 52.7 Å². The molecule has 2 aromatic rings. The van der Waals surface area contributed by atoms with Crippen LogP contribution in [-0.2, 0) is 14.1 Å². The van der Waals surface area contributed by atoms with E-state index in [9.17, 15) is 4.79 Å². The van der Waals surface area contributed by atoms with Crippen molar-refractivity contribution in [2.75, 3.05) is 0 Å². The molecular formula is C10H12N4O. The number of carbonyl (C=O) groups is 1. The van der Waals surface area contributed by atoms with Gasteiger partial charge in [-0.05, 0) is 13.0 Å². The summed E-state index contributed by atoms with van der Waals surface area (Å²) in [6.07, 6.45) is 3.20. The molecule has 0 spiro atoms. The number of carbonyl (C=O) groups excluding carboxylic acids is 1. The average Bonchev–Trinajstić information content (AvgIpc) is 2.75. The standard InChI is InChI=1S/C10H12N4O/c1-7-8(6-12-13(7)2)10(15)9-4-5-11-14(9)3/h4-6H,1-3H3. The fourth-order valence-electron chi connectivity index (χ4n) is 1.46. The van der Waals surface area contributed by atoms with Gasteiger partial charge in [0.1, 0.15) is 5.69 Å². The maximum Gasteiger partial charge on any atom is 0.214 e. The van der Waals surface area contributed by atoms with E-state index in [0.29, 0.717) is 11.3 Å². The Kier molecular flexibility index (Phi) is 2.15. The third kappa shape index (κ3) is 1.45. The van der Waals surface area contributed by atoms with Crippen molar-refractivity contribution in [3.05, 3.63) is 35.4 Å². The molecule has 5 heteroatoms. The zero-order chi connectivity index (χ0) is 11.0. The van der Waals surface area contributed by atoms with Crippen LogP contribution in [0.15, 0.2) is 18.5 Å². The van der Waals surface area contributed by atoms with Gasteiger partial charge in [-0.15, -0.1) is 0 Å². The van der Waals surface area contributed by atoms with Gasteiger partial charge in [0.15, 0.2) is 0 Å². The van der Waals surface area contributed by atoms with E-state index in [4.69, 9.17) is 0 Å². The highest BCUT2D eigenvalue weighted by atomic mass is 16.1. The van der Waals surface area contributed by atoms with Gasteiger partial charge in [-0.1, -0.05) is 0 Å². The normalized spacial score (nSPS) is 10.6. The molecule has 0 amide bonds. The van der Waals surface area contributed by atoms with Gasteiger partial charge in [-0.25, -0.2) is 0 Å². The Labute approximate surface area is 87.3 Å². The summed E-state index contributed by atoms with van der Waals surface area (Å²) in [6, 6.07) is 1.70. The van der Waals surface area contributed by atoms with Crippen LogP contribution >= 0.6 is 0 Å². The minimum atomic E-state index is -0.0411. The van der Waals surface area contributed by atoms with Crippen LogP contribution in [-0.4, -0.2) is 25.3 Å². The Morgan fingerprint density at radius 2 is 2.00 bits per heavy atom. The highest BCUT2D eigenvalue weighted by Gasteiger charge is 2.17. The molecule has 5 nitrogen and oxygen atoms in total. The zero-order valence-corrected chi connectivity index (χ0v) is 8.93. The minimum Gasteiger partial charge on any atom is -0.287 e. The molecule has 0 aliphatic carbocycles. The number of nitrogens with zero attached hydrogens (tertiary/aromatic N) is 4. The molecular weight excluding hydrogens is 192 g/mol. The van der Waals surface area contributed by atoms with E-state index in [1.807, 2.05) is 14.0 Å². The van der Waals surface area contributed by atoms with Crippen molar-refractivity contribution in [3.63, 3.8) is 0 Å². The lowest BCUT2D eigenvalue weighted by Gasteiger charge is -2.00. The summed E-state index contributed by atoms with van der Waals surface area (Å²) in [6.45, 7) is 1.87. The molecule has 0 radical (unpaired) electrons. The number of hydrogen-bond acceptors (Lipinski definition) is 3. The molecule has 15 heavy (non-hydrogen) atoms. The summed E-state index contributed by atoms with van der Waals surface area (Å²) in [7, 11) is 3.56. The van der Waals surface area contributed by atoms with Crippen LogP contribution in [0, 0.1) is 6.92 Å². The van der Waals surface area contributed by atoms with Crippen molar-refractivity contribution in [2.45, 2.75) is 6.92 Å². The van der Waals surface area contributed by atoms with E-state index in [1.165, 1.54) is 0 Å². The number of rotatable bonds is 2. The first-order valence-corrected chi connectivity index (χ1v) is 4.62. The number of ketones is 1. The van der Waals surface area contributed by atoms with Crippen LogP contribution < -0.4 is 0 Å². The van der Waals surface area contributed by atoms with Gasteiger partial charge in [0.05, 0.1) is 11.8 Å². The molecule has 0 aromatic carbocycles. The SMILES string of the molecule is Cc1c(C(=O)c2ccnn2C)cnn1C. The van der Waals surface area contributed by atoms with Crippen LogP contribution in [0.4, 0.5) is 0 Å². The molecule has 0 atom stereocenters. The maximum atomic E-state index is 12.0. The van der Waals surface area contributed by atoms with Crippen LogP contribution in [0.2, 0.25) is 0 Å². The van der Waals surface area contributed by atoms with Gasteiger partial charge in [-0.3, -0.25) is 14.2 Å². The van der Waals surface area contributed by atoms with Gasteiger partial charge in [0.2, 0.25) is 5.78 Å². The van der Waals surface area contributed by atoms with Crippen molar-refractivity contribution < 1.29 is 4.79 Å². The van der Waals surface area contributed by atoms with E-state index in [2.05, 4.69) is 10.2 Å². The fourth-order valence-corrected chi connectivity index (χ4v) is 1.46. The molecule has 0 saturated heterocycles. The molecule has 0 N–H and O–H groups in total. The molecule has 0 bridgehead atoms. The van der Waals surface area contributed by atoms with E-state index in [0.717, 1.165) is 5.69 Å². The lowest BCUT2D eigenvalue weighted by Crippen LogP contribution is -2.09. The fraction of sp³-hybridized carbons (Fsp3) is 0.300. The predicted octanol–water partition coefficient (Wildman–Crippen LogP) is 0.693. The third-order valence-corrected chi connectivity index (χ3v) is 2.53. The quantitative estimate of drug-likeness (QED) is 0.676. The smallest absolute Gasteiger partial charge is 0.214 e. The summed E-state index contributed by atoms with van der Waals surface area (Å²) < 4.78 is 3.25. The van der Waals surface area contributed by atoms with Crippen LogP contribution in [0.3, 0.4) is 0 Å². The van der Waals surface area contributed by atoms with Gasteiger partial charge < -0.3 is 0 Å². The molecule has 2 aromatic heterocycles. The Bertz CT molecular complexity index is 509. The monoisotopic (exact) mass is 204 g/mol. The first-order chi connectivity index (χ1) is 7.11. The zero-order valence-electron chi connectivity index (χ0n) is 8.93. The van der Waals surface area contributed by atoms with E-state index < -0.39 is 0 Å². The second kappa shape index (κ2) is 3.34. The second-order valence-electron chi connectivity index (χ2n) is 3.44. The van der Waals surface area contributed by atoms with E-state index in [1.54, 1.807) is 34.9 Å². The molecule has 2 heterocycles. The molecule has 0 aliphatic heterocycles. The first kappa shape index (κ1) is 9.64. The average molecular weight is 204 g/mol. The number of aryl methyl sites for hydroxylation is 2. The van der Waals surface area contributed by atoms with Crippen molar-refractivity contribution in [1.82, 2.24) is 19.6 Å². The van der Waals surface area contributed by atoms with Gasteiger partial charge >= 0.3 is 0 Å². The summed E-state index contributed by atoms with van der Waals surface area (Å²) in [5.41, 5.74) is 2.06. The van der Waals surface area contributed by atoms with Crippen molar-refractivity contribution in [1.29, 1.82) is 0 Å². The highest BCUT2D eigenvalue weighted by molar-refractivity contribution is 6.08. The number of hydrogen-bond donors (Lipinski definition) is 0. The second-order valence-corrected chi connectivity index (χ2v) is 3.44. The van der Waals surface area contributed by atoms with Crippen LogP contribution in [0.25, 0.3) is 0 Å². The summed E-state index contributed by atoms with van der Waals surface area (Å²) in [5.74, 6) is -0.0411. The van der Waals surface area contributed by atoms with Crippen LogP contribution in [0.5, 0.6) is 0 Å². The maximum absolute atomic E-state index is 12.0. The molecule has 0 fully saturated rings. The number of aromatic nitrogens is 4. The summed E-state index contributed by atoms with van der Waals surface area (Å²) in [5, 5.41) is 8.01. The lowest BCUT2D eigenvalue weighted by molar-refractivity contribution is 0.102. The summed E-state index contributed by atoms with van der Waals surface area (Å²) >= 11 is 0. The minimum absolute atomic E-state index is 0.0411. The third-order valence-electron chi connectivity index (χ3n) is 2.53. The Hall–Kier alpha value is -1.91. The molecule has 0 aliphatic rings. The van der Waals surface area contributed by atoms with Crippen molar-refractivity contribution >= 4 is 5.78 Å². The van der Waals surface area contributed by atoms with Crippen molar-refractivity contribution in [2.24, 2.45) is 14.1 Å². The molecule has 0 saturated carbocycles. The summed E-state index contributed by atoms with van der Waals surface area (Å²) in [4.78, 5) is 12.0. The van der Waals surface area contributed by atoms with E-state index >= 15 is 0 Å². The van der Waals surface area contributed by atoms with Gasteiger partial charge in [0, 0.05) is 26.0 Å². The Balaban J connectivity index is 2.46. The van der Waals surface area contributed by atoms with E-state index in [-0.39, 0.29) is 5.78 Å². The predicted molar refractivity (Wildman–Crippen MR) is 54.6 cm³/mol. The van der Waals surface area contributed by atoms with Crippen molar-refractivity contribution in [3.8, 4) is 0 Å². The molecule has 78 valence electrons. The largest absolute Gasteiger partial charge is 0.287 e. The first-order valence-electron chi connectivity index (χ1n) is 4.62. The Morgan fingerprint density at radius 3 is 2.47 bits per heavy atom. The van der Waals surface area contributed by atoms with Gasteiger partial charge in [0.25, 0.3) is 0 Å². The van der Waals surface area contributed by atoms with Gasteiger partial charge in [-0.2, -0.15) is 10.2 Å².